The first-order chi connectivity index (χ1) is 6.70. The fourth-order valence-electron chi connectivity index (χ4n) is 1.88. The summed E-state index contributed by atoms with van der Waals surface area (Å²) in [5.41, 5.74) is 0. The number of aliphatic hydroxyl groups is 1. The van der Waals surface area contributed by atoms with Gasteiger partial charge in [0, 0.05) is 12.5 Å². The van der Waals surface area contributed by atoms with Gasteiger partial charge in [0.2, 0.25) is 0 Å². The summed E-state index contributed by atoms with van der Waals surface area (Å²) in [6.07, 6.45) is 4.75. The van der Waals surface area contributed by atoms with E-state index in [-0.39, 0.29) is 18.6 Å². The van der Waals surface area contributed by atoms with Crippen molar-refractivity contribution in [1.29, 1.82) is 0 Å². The van der Waals surface area contributed by atoms with E-state index in [2.05, 4.69) is 5.32 Å². The van der Waals surface area contributed by atoms with Crippen LogP contribution in [0.15, 0.2) is 0 Å². The first-order valence-electron chi connectivity index (χ1n) is 5.33. The molecule has 0 spiro atoms. The van der Waals surface area contributed by atoms with E-state index in [4.69, 9.17) is 5.11 Å². The van der Waals surface area contributed by atoms with Gasteiger partial charge < -0.3 is 15.5 Å². The Morgan fingerprint density at radius 3 is 2.71 bits per heavy atom. The Balaban J connectivity index is 2.07. The lowest BCUT2D eigenvalue weighted by Gasteiger charge is -2.28. The number of carbonyl (C=O) groups is 1. The lowest BCUT2D eigenvalue weighted by molar-refractivity contribution is -0.137. The van der Waals surface area contributed by atoms with E-state index in [9.17, 15) is 9.90 Å². The first kappa shape index (κ1) is 11.5. The molecule has 0 radical (unpaired) electrons. The molecule has 1 fully saturated rings. The number of aliphatic hydroxyl groups excluding tert-OH is 1. The molecule has 2 atom stereocenters. The van der Waals surface area contributed by atoms with Crippen LogP contribution in [-0.2, 0) is 4.79 Å². The fraction of sp³-hybridized carbons (Fsp3) is 0.900. The number of carboxylic acid groups (broad SMARTS) is 1. The lowest BCUT2D eigenvalue weighted by Crippen LogP contribution is -2.42. The minimum absolute atomic E-state index is 0.178. The highest BCUT2D eigenvalue weighted by Crippen LogP contribution is 2.18. The molecule has 0 saturated heterocycles. The summed E-state index contributed by atoms with van der Waals surface area (Å²) in [5, 5.41) is 21.2. The SMILES string of the molecule is O=C(O)CCCN[C@@H]1CCCC[C@@H]1O. The van der Waals surface area contributed by atoms with E-state index >= 15 is 0 Å². The zero-order valence-electron chi connectivity index (χ0n) is 8.41. The second-order valence-corrected chi connectivity index (χ2v) is 3.91. The van der Waals surface area contributed by atoms with E-state index in [0.29, 0.717) is 13.0 Å². The summed E-state index contributed by atoms with van der Waals surface area (Å²) in [7, 11) is 0. The van der Waals surface area contributed by atoms with Crippen LogP contribution in [0.5, 0.6) is 0 Å². The van der Waals surface area contributed by atoms with Crippen molar-refractivity contribution in [2.75, 3.05) is 6.54 Å². The molecule has 0 aliphatic heterocycles. The maximum Gasteiger partial charge on any atom is 0.303 e. The molecular formula is C10H19NO3. The van der Waals surface area contributed by atoms with Crippen LogP contribution in [-0.4, -0.2) is 34.9 Å². The largest absolute Gasteiger partial charge is 0.481 e. The molecule has 1 aliphatic carbocycles. The standard InChI is InChI=1S/C10H19NO3/c12-9-5-2-1-4-8(9)11-7-3-6-10(13)14/h8-9,11-12H,1-7H2,(H,13,14)/t8-,9+/m1/s1. The Morgan fingerprint density at radius 1 is 1.36 bits per heavy atom. The van der Waals surface area contributed by atoms with Crippen molar-refractivity contribution in [3.05, 3.63) is 0 Å². The summed E-state index contributed by atoms with van der Waals surface area (Å²) in [4.78, 5) is 10.2. The Kier molecular flexibility index (Phi) is 4.90. The van der Waals surface area contributed by atoms with Crippen molar-refractivity contribution in [3.8, 4) is 0 Å². The van der Waals surface area contributed by atoms with E-state index in [0.717, 1.165) is 25.7 Å². The molecule has 14 heavy (non-hydrogen) atoms. The normalized spacial score (nSPS) is 27.5. The van der Waals surface area contributed by atoms with Crippen LogP contribution in [0.2, 0.25) is 0 Å². The third kappa shape index (κ3) is 4.07. The van der Waals surface area contributed by atoms with Gasteiger partial charge in [0.25, 0.3) is 0 Å². The van der Waals surface area contributed by atoms with Gasteiger partial charge in [-0.25, -0.2) is 0 Å². The highest BCUT2D eigenvalue weighted by Gasteiger charge is 2.21. The lowest BCUT2D eigenvalue weighted by atomic mass is 9.92. The molecule has 0 bridgehead atoms. The predicted octanol–water partition coefficient (Wildman–Crippen LogP) is 0.744. The van der Waals surface area contributed by atoms with Gasteiger partial charge in [-0.15, -0.1) is 0 Å². The van der Waals surface area contributed by atoms with Crippen LogP contribution in [0.1, 0.15) is 38.5 Å². The van der Waals surface area contributed by atoms with Crippen molar-refractivity contribution in [1.82, 2.24) is 5.32 Å². The topological polar surface area (TPSA) is 69.6 Å². The number of carboxylic acids is 1. The second-order valence-electron chi connectivity index (χ2n) is 3.91. The van der Waals surface area contributed by atoms with Crippen molar-refractivity contribution in [3.63, 3.8) is 0 Å². The van der Waals surface area contributed by atoms with Crippen LogP contribution < -0.4 is 5.32 Å². The number of hydrogen-bond acceptors (Lipinski definition) is 3. The molecule has 0 aromatic heterocycles. The van der Waals surface area contributed by atoms with Gasteiger partial charge in [-0.1, -0.05) is 12.8 Å². The summed E-state index contributed by atoms with van der Waals surface area (Å²) in [6, 6.07) is 0.178. The molecule has 1 saturated carbocycles. The van der Waals surface area contributed by atoms with Gasteiger partial charge in [0.05, 0.1) is 6.10 Å². The molecule has 0 heterocycles. The summed E-state index contributed by atoms with van der Waals surface area (Å²) in [5.74, 6) is -0.754. The van der Waals surface area contributed by atoms with Crippen LogP contribution in [0.25, 0.3) is 0 Å². The average molecular weight is 201 g/mol. The van der Waals surface area contributed by atoms with Crippen LogP contribution in [0.4, 0.5) is 0 Å². The summed E-state index contributed by atoms with van der Waals surface area (Å²) < 4.78 is 0. The van der Waals surface area contributed by atoms with Crippen LogP contribution in [0, 0.1) is 0 Å². The van der Waals surface area contributed by atoms with Gasteiger partial charge in [0.15, 0.2) is 0 Å². The number of aliphatic carboxylic acids is 1. The van der Waals surface area contributed by atoms with E-state index in [1.54, 1.807) is 0 Å². The molecular weight excluding hydrogens is 182 g/mol. The maximum atomic E-state index is 10.2. The third-order valence-electron chi connectivity index (χ3n) is 2.70. The zero-order valence-corrected chi connectivity index (χ0v) is 8.41. The Labute approximate surface area is 84.3 Å². The Hall–Kier alpha value is -0.610. The molecule has 0 aromatic carbocycles. The van der Waals surface area contributed by atoms with Crippen LogP contribution in [0.3, 0.4) is 0 Å². The highest BCUT2D eigenvalue weighted by molar-refractivity contribution is 5.66. The third-order valence-corrected chi connectivity index (χ3v) is 2.70. The molecule has 1 aliphatic rings. The fourth-order valence-corrected chi connectivity index (χ4v) is 1.88. The summed E-state index contributed by atoms with van der Waals surface area (Å²) in [6.45, 7) is 0.689. The average Bonchev–Trinajstić information content (AvgIpc) is 2.15. The molecule has 4 heteroatoms. The van der Waals surface area contributed by atoms with Crippen molar-refractivity contribution >= 4 is 5.97 Å². The molecule has 1 rings (SSSR count). The van der Waals surface area contributed by atoms with Crippen molar-refractivity contribution in [2.24, 2.45) is 0 Å². The van der Waals surface area contributed by atoms with Gasteiger partial charge in [-0.05, 0) is 25.8 Å². The van der Waals surface area contributed by atoms with Crippen molar-refractivity contribution in [2.45, 2.75) is 50.7 Å². The monoisotopic (exact) mass is 201 g/mol. The Morgan fingerprint density at radius 2 is 2.07 bits per heavy atom. The smallest absolute Gasteiger partial charge is 0.303 e. The molecule has 0 amide bonds. The van der Waals surface area contributed by atoms with Crippen molar-refractivity contribution < 1.29 is 15.0 Å². The maximum absolute atomic E-state index is 10.2. The minimum atomic E-state index is -0.754. The van der Waals surface area contributed by atoms with Gasteiger partial charge >= 0.3 is 5.97 Å². The highest BCUT2D eigenvalue weighted by atomic mass is 16.4. The second kappa shape index (κ2) is 5.98. The molecule has 3 N–H and O–H groups in total. The van der Waals surface area contributed by atoms with E-state index < -0.39 is 5.97 Å². The molecule has 4 nitrogen and oxygen atoms in total. The quantitative estimate of drug-likeness (QED) is 0.574. The predicted molar refractivity (Wildman–Crippen MR) is 53.1 cm³/mol. The molecule has 82 valence electrons. The van der Waals surface area contributed by atoms with Gasteiger partial charge in [-0.2, -0.15) is 0 Å². The number of rotatable bonds is 5. The van der Waals surface area contributed by atoms with E-state index in [1.807, 2.05) is 0 Å². The van der Waals surface area contributed by atoms with E-state index in [1.165, 1.54) is 0 Å². The van der Waals surface area contributed by atoms with Gasteiger partial charge in [-0.3, -0.25) is 4.79 Å². The Bertz CT molecular complexity index is 184. The molecule has 0 aromatic rings. The summed E-state index contributed by atoms with van der Waals surface area (Å²) >= 11 is 0. The molecule has 0 unspecified atom stereocenters. The van der Waals surface area contributed by atoms with Crippen LogP contribution >= 0.6 is 0 Å². The van der Waals surface area contributed by atoms with Gasteiger partial charge in [0.1, 0.15) is 0 Å². The number of nitrogens with one attached hydrogen (secondary N) is 1. The zero-order chi connectivity index (χ0) is 10.4. The number of hydrogen-bond donors (Lipinski definition) is 3. The first-order valence-corrected chi connectivity index (χ1v) is 5.33. The minimum Gasteiger partial charge on any atom is -0.481 e.